The number of benzene rings is 1. The van der Waals surface area contributed by atoms with Crippen LogP contribution in [-0.4, -0.2) is 18.0 Å². The summed E-state index contributed by atoms with van der Waals surface area (Å²) in [5.41, 5.74) is 0.716. The smallest absolute Gasteiger partial charge is 0.261 e. The molecule has 2 aromatic rings. The Morgan fingerprint density at radius 2 is 1.92 bits per heavy atom. The molecule has 0 saturated heterocycles. The summed E-state index contributed by atoms with van der Waals surface area (Å²) in [7, 11) is 0. The van der Waals surface area contributed by atoms with E-state index in [-0.39, 0.29) is 18.4 Å². The number of nitrogens with one attached hydrogen (secondary N) is 1. The first kappa shape index (κ1) is 17.5. The number of hydrogen-bond donors (Lipinski definition) is 1. The van der Waals surface area contributed by atoms with Gasteiger partial charge in [-0.05, 0) is 54.8 Å². The molecule has 1 aliphatic carbocycles. The Hall–Kier alpha value is -2.34. The zero-order valence-electron chi connectivity index (χ0n) is 13.8. The minimum absolute atomic E-state index is 0.267. The molecule has 0 unspecified atom stereocenters. The Balaban J connectivity index is 1.69. The minimum Gasteiger partial charge on any atom is -0.550 e. The second-order valence-corrected chi connectivity index (χ2v) is 7.12. The van der Waals surface area contributed by atoms with Crippen molar-refractivity contribution >= 4 is 23.2 Å². The highest BCUT2D eigenvalue weighted by Gasteiger charge is 2.19. The maximum Gasteiger partial charge on any atom is 0.261 e. The molecule has 0 bridgehead atoms. The van der Waals surface area contributed by atoms with Crippen molar-refractivity contribution < 1.29 is 19.4 Å². The Morgan fingerprint density at radius 3 is 2.52 bits per heavy atom. The molecule has 1 N–H and O–H groups in total. The lowest BCUT2D eigenvalue weighted by molar-refractivity contribution is -0.306. The molecule has 0 spiro atoms. The lowest BCUT2D eigenvalue weighted by Crippen LogP contribution is -2.33. The van der Waals surface area contributed by atoms with Gasteiger partial charge in [-0.2, -0.15) is 0 Å². The molecule has 1 atom stereocenters. The molecular weight excluding hydrogens is 338 g/mol. The van der Waals surface area contributed by atoms with E-state index in [0.717, 1.165) is 18.6 Å². The average Bonchev–Trinajstić information content (AvgIpc) is 3.28. The lowest BCUT2D eigenvalue weighted by Gasteiger charge is -2.20. The normalized spacial score (nSPS) is 15.7. The van der Waals surface area contributed by atoms with E-state index < -0.39 is 12.0 Å². The summed E-state index contributed by atoms with van der Waals surface area (Å²) in [6.07, 6.45) is 4.54. The third-order valence-electron chi connectivity index (χ3n) is 4.31. The molecule has 5 nitrogen and oxygen atoms in total. The molecule has 25 heavy (non-hydrogen) atoms. The second-order valence-electron chi connectivity index (χ2n) is 6.17. The zero-order valence-corrected chi connectivity index (χ0v) is 14.6. The number of ether oxygens (including phenoxy) is 1. The molecule has 1 aliphatic rings. The fraction of sp³-hybridized carbons (Fsp3) is 0.368. The van der Waals surface area contributed by atoms with Crippen LogP contribution in [0.15, 0.2) is 41.8 Å². The highest BCUT2D eigenvalue weighted by atomic mass is 32.1. The van der Waals surface area contributed by atoms with Gasteiger partial charge in [-0.25, -0.2) is 0 Å². The van der Waals surface area contributed by atoms with Crippen molar-refractivity contribution in [1.82, 2.24) is 5.32 Å². The van der Waals surface area contributed by atoms with Crippen molar-refractivity contribution in [2.24, 2.45) is 0 Å². The predicted molar refractivity (Wildman–Crippen MR) is 93.5 cm³/mol. The minimum atomic E-state index is -1.21. The van der Waals surface area contributed by atoms with Crippen molar-refractivity contribution in [2.45, 2.75) is 44.2 Å². The van der Waals surface area contributed by atoms with Gasteiger partial charge in [-0.15, -0.1) is 11.3 Å². The van der Waals surface area contributed by atoms with Crippen molar-refractivity contribution in [3.63, 3.8) is 0 Å². The zero-order chi connectivity index (χ0) is 17.6. The van der Waals surface area contributed by atoms with Crippen LogP contribution in [0.5, 0.6) is 5.75 Å². The molecule has 1 heterocycles. The lowest BCUT2D eigenvalue weighted by atomic mass is 10.0. The molecule has 132 valence electrons. The van der Waals surface area contributed by atoms with E-state index in [9.17, 15) is 14.7 Å². The summed E-state index contributed by atoms with van der Waals surface area (Å²) in [4.78, 5) is 23.8. The monoisotopic (exact) mass is 358 g/mol. The first-order chi connectivity index (χ1) is 12.1. The fourth-order valence-electron chi connectivity index (χ4n) is 3.03. The van der Waals surface area contributed by atoms with E-state index in [1.165, 1.54) is 24.2 Å². The van der Waals surface area contributed by atoms with E-state index >= 15 is 0 Å². The van der Waals surface area contributed by atoms with E-state index in [2.05, 4.69) is 5.32 Å². The fourth-order valence-corrected chi connectivity index (χ4v) is 3.66. The van der Waals surface area contributed by atoms with Crippen LogP contribution < -0.4 is 15.2 Å². The van der Waals surface area contributed by atoms with E-state index in [1.807, 2.05) is 12.1 Å². The molecule has 1 aromatic heterocycles. The first-order valence-corrected chi connectivity index (χ1v) is 9.30. The topological polar surface area (TPSA) is 78.5 Å². The highest BCUT2D eigenvalue weighted by Crippen LogP contribution is 2.26. The van der Waals surface area contributed by atoms with Gasteiger partial charge in [0.2, 0.25) is 0 Å². The van der Waals surface area contributed by atoms with Crippen molar-refractivity contribution in [3.8, 4) is 5.75 Å². The van der Waals surface area contributed by atoms with Gasteiger partial charge in [-0.3, -0.25) is 4.79 Å². The average molecular weight is 358 g/mol. The largest absolute Gasteiger partial charge is 0.550 e. The summed E-state index contributed by atoms with van der Waals surface area (Å²) >= 11 is 1.31. The summed E-state index contributed by atoms with van der Waals surface area (Å²) in [6, 6.07) is 10.1. The van der Waals surface area contributed by atoms with Crippen LogP contribution in [0, 0.1) is 0 Å². The number of rotatable bonds is 7. The van der Waals surface area contributed by atoms with Crippen molar-refractivity contribution in [1.29, 1.82) is 0 Å². The third kappa shape index (κ3) is 4.82. The first-order valence-electron chi connectivity index (χ1n) is 8.42. The van der Waals surface area contributed by atoms with Gasteiger partial charge in [0.05, 0.1) is 17.0 Å². The molecule has 1 amide bonds. The highest BCUT2D eigenvalue weighted by molar-refractivity contribution is 7.12. The van der Waals surface area contributed by atoms with Crippen molar-refractivity contribution in [2.75, 3.05) is 0 Å². The van der Waals surface area contributed by atoms with Crippen molar-refractivity contribution in [3.05, 3.63) is 52.2 Å². The number of amides is 1. The van der Waals surface area contributed by atoms with E-state index in [1.54, 1.807) is 29.6 Å². The van der Waals surface area contributed by atoms with Crippen LogP contribution in [0.3, 0.4) is 0 Å². The third-order valence-corrected chi connectivity index (χ3v) is 5.18. The molecule has 1 fully saturated rings. The maximum atomic E-state index is 12.2. The molecule has 0 aliphatic heterocycles. The van der Waals surface area contributed by atoms with Crippen LogP contribution >= 0.6 is 11.3 Å². The van der Waals surface area contributed by atoms with E-state index in [0.29, 0.717) is 10.4 Å². The summed E-state index contributed by atoms with van der Waals surface area (Å²) in [5.74, 6) is -0.720. The maximum absolute atomic E-state index is 12.2. The number of carbonyl (C=O) groups excluding carboxylic acids is 2. The van der Waals surface area contributed by atoms with Crippen LogP contribution in [0.1, 0.15) is 53.4 Å². The Kier molecular flexibility index (Phi) is 5.71. The summed E-state index contributed by atoms with van der Waals surface area (Å²) < 4.78 is 5.92. The predicted octanol–water partition coefficient (Wildman–Crippen LogP) is 2.68. The summed E-state index contributed by atoms with van der Waals surface area (Å²) in [5, 5.41) is 15.6. The van der Waals surface area contributed by atoms with Gasteiger partial charge in [0.15, 0.2) is 0 Å². The number of thiophene rings is 1. The molecule has 6 heteroatoms. The van der Waals surface area contributed by atoms with Gasteiger partial charge >= 0.3 is 0 Å². The summed E-state index contributed by atoms with van der Waals surface area (Å²) in [6.45, 7) is 0. The van der Waals surface area contributed by atoms with Crippen LogP contribution in [-0.2, 0) is 4.79 Å². The Morgan fingerprint density at radius 1 is 1.20 bits per heavy atom. The quantitative estimate of drug-likeness (QED) is 0.825. The molecule has 1 aromatic carbocycles. The molecular formula is C19H20NO4S-. The second kappa shape index (κ2) is 8.16. The van der Waals surface area contributed by atoms with Gasteiger partial charge < -0.3 is 20.0 Å². The Labute approximate surface area is 150 Å². The van der Waals surface area contributed by atoms with Gasteiger partial charge in [0, 0.05) is 12.4 Å². The van der Waals surface area contributed by atoms with Crippen LogP contribution in [0.2, 0.25) is 0 Å². The van der Waals surface area contributed by atoms with E-state index in [4.69, 9.17) is 4.74 Å². The van der Waals surface area contributed by atoms with Crippen LogP contribution in [0.25, 0.3) is 0 Å². The standard InChI is InChI=1S/C19H21NO4S/c21-18(22)12-16(20-19(23)17-6-3-11-25-17)13-7-9-15(10-8-13)24-14-4-1-2-5-14/h3,6-11,14,16H,1-2,4-5,12H2,(H,20,23)(H,21,22)/p-1/t16-/m0/s1. The number of hydrogen-bond acceptors (Lipinski definition) is 5. The van der Waals surface area contributed by atoms with Gasteiger partial charge in [-0.1, -0.05) is 18.2 Å². The number of carboxylic acid groups (broad SMARTS) is 1. The van der Waals surface area contributed by atoms with Gasteiger partial charge in [0.1, 0.15) is 5.75 Å². The molecule has 3 rings (SSSR count). The SMILES string of the molecule is O=C([O-])C[C@H](NC(=O)c1cccs1)c1ccc(OC2CCCC2)cc1. The number of carbonyl (C=O) groups is 2. The molecule has 1 saturated carbocycles. The van der Waals surface area contributed by atoms with Gasteiger partial charge in [0.25, 0.3) is 5.91 Å². The number of aliphatic carboxylic acids is 1. The van der Waals surface area contributed by atoms with Crippen LogP contribution in [0.4, 0.5) is 0 Å². The molecule has 0 radical (unpaired) electrons. The Bertz CT molecular complexity index is 706. The number of carboxylic acids is 1.